The molecule has 0 saturated carbocycles. The molecule has 0 spiro atoms. The van der Waals surface area contributed by atoms with Crippen molar-refractivity contribution in [2.75, 3.05) is 19.8 Å². The Morgan fingerprint density at radius 3 is 3.11 bits per heavy atom. The molecule has 0 aromatic carbocycles. The molecule has 0 aliphatic carbocycles. The number of aromatic nitrogens is 2. The third kappa shape index (κ3) is 3.02. The van der Waals surface area contributed by atoms with Crippen molar-refractivity contribution in [2.24, 2.45) is 0 Å². The zero-order valence-corrected chi connectivity index (χ0v) is 10.5. The quantitative estimate of drug-likeness (QED) is 0.713. The van der Waals surface area contributed by atoms with Crippen LogP contribution in [0.2, 0.25) is 0 Å². The van der Waals surface area contributed by atoms with Crippen molar-refractivity contribution >= 4 is 12.0 Å². The summed E-state index contributed by atoms with van der Waals surface area (Å²) in [4.78, 5) is 31.3. The van der Waals surface area contributed by atoms with E-state index in [1.54, 1.807) is 19.3 Å². The normalized spacial score (nSPS) is 20.9. The van der Waals surface area contributed by atoms with Crippen LogP contribution >= 0.6 is 0 Å². The predicted octanol–water partition coefficient (Wildman–Crippen LogP) is -0.0343. The molecule has 2 unspecified atom stereocenters. The van der Waals surface area contributed by atoms with E-state index in [1.807, 2.05) is 0 Å². The van der Waals surface area contributed by atoms with Gasteiger partial charge in [-0.25, -0.2) is 14.6 Å². The number of morpholine rings is 1. The highest BCUT2D eigenvalue weighted by Crippen LogP contribution is 2.11. The van der Waals surface area contributed by atoms with Gasteiger partial charge in [-0.05, 0) is 6.92 Å². The maximum absolute atomic E-state index is 12.1. The van der Waals surface area contributed by atoms with Crippen molar-refractivity contribution in [3.8, 4) is 0 Å². The van der Waals surface area contributed by atoms with Gasteiger partial charge in [0.05, 0.1) is 19.3 Å². The molecule has 1 saturated heterocycles. The standard InChI is InChI=1S/C11H16N4O4/c1-7(9-12-2-3-13-9)14-11(18)15-4-5-19-6-8(15)10(16)17/h2-3,7-8H,4-6H2,1H3,(H,12,13)(H,14,18)(H,16,17). The Balaban J connectivity index is 2.00. The highest BCUT2D eigenvalue weighted by Gasteiger charge is 2.33. The summed E-state index contributed by atoms with van der Waals surface area (Å²) in [5.74, 6) is -0.450. The van der Waals surface area contributed by atoms with Crippen LogP contribution in [0.1, 0.15) is 18.8 Å². The molecular formula is C11H16N4O4. The first-order valence-corrected chi connectivity index (χ1v) is 5.96. The van der Waals surface area contributed by atoms with Crippen LogP contribution in [0.4, 0.5) is 4.79 Å². The Hall–Kier alpha value is -2.09. The Kier molecular flexibility index (Phi) is 4.00. The first-order chi connectivity index (χ1) is 9.09. The van der Waals surface area contributed by atoms with Crippen molar-refractivity contribution in [1.29, 1.82) is 0 Å². The minimum Gasteiger partial charge on any atom is -0.480 e. The summed E-state index contributed by atoms with van der Waals surface area (Å²) in [6.07, 6.45) is 3.25. The van der Waals surface area contributed by atoms with Gasteiger partial charge in [0.25, 0.3) is 0 Å². The summed E-state index contributed by atoms with van der Waals surface area (Å²) in [5, 5.41) is 11.8. The van der Waals surface area contributed by atoms with Gasteiger partial charge in [0, 0.05) is 18.9 Å². The largest absolute Gasteiger partial charge is 0.480 e. The van der Waals surface area contributed by atoms with Gasteiger partial charge in [0.15, 0.2) is 6.04 Å². The number of nitrogens with one attached hydrogen (secondary N) is 2. The van der Waals surface area contributed by atoms with E-state index in [9.17, 15) is 9.59 Å². The van der Waals surface area contributed by atoms with Gasteiger partial charge in [-0.2, -0.15) is 0 Å². The van der Waals surface area contributed by atoms with E-state index < -0.39 is 18.0 Å². The van der Waals surface area contributed by atoms with Crippen LogP contribution in [-0.4, -0.2) is 57.8 Å². The van der Waals surface area contributed by atoms with Crippen molar-refractivity contribution in [1.82, 2.24) is 20.2 Å². The second kappa shape index (κ2) is 5.70. The van der Waals surface area contributed by atoms with Gasteiger partial charge in [0.1, 0.15) is 5.82 Å². The number of urea groups is 1. The molecule has 3 N–H and O–H groups in total. The third-order valence-electron chi connectivity index (χ3n) is 2.94. The number of hydrogen-bond donors (Lipinski definition) is 3. The van der Waals surface area contributed by atoms with E-state index in [-0.39, 0.29) is 19.2 Å². The molecule has 0 radical (unpaired) electrons. The van der Waals surface area contributed by atoms with Crippen LogP contribution in [0, 0.1) is 0 Å². The molecule has 1 aromatic rings. The molecule has 19 heavy (non-hydrogen) atoms. The number of aromatic amines is 1. The number of ether oxygens (including phenoxy) is 1. The summed E-state index contributed by atoms with van der Waals surface area (Å²) >= 11 is 0. The number of imidazole rings is 1. The molecule has 1 aliphatic rings. The summed E-state index contributed by atoms with van der Waals surface area (Å²) in [6.45, 7) is 2.38. The lowest BCUT2D eigenvalue weighted by atomic mass is 10.2. The fraction of sp³-hybridized carbons (Fsp3) is 0.545. The van der Waals surface area contributed by atoms with Crippen LogP contribution in [0.15, 0.2) is 12.4 Å². The Bertz CT molecular complexity index is 448. The van der Waals surface area contributed by atoms with Gasteiger partial charge in [0.2, 0.25) is 0 Å². The van der Waals surface area contributed by atoms with Crippen molar-refractivity contribution < 1.29 is 19.4 Å². The summed E-state index contributed by atoms with van der Waals surface area (Å²) < 4.78 is 5.08. The van der Waals surface area contributed by atoms with Crippen LogP contribution in [0.5, 0.6) is 0 Å². The molecule has 8 nitrogen and oxygen atoms in total. The number of hydrogen-bond acceptors (Lipinski definition) is 4. The number of aliphatic carboxylic acids is 1. The first kappa shape index (κ1) is 13.3. The van der Waals surface area contributed by atoms with E-state index in [0.29, 0.717) is 12.4 Å². The van der Waals surface area contributed by atoms with Gasteiger partial charge in [-0.1, -0.05) is 0 Å². The van der Waals surface area contributed by atoms with E-state index in [4.69, 9.17) is 9.84 Å². The molecule has 0 bridgehead atoms. The van der Waals surface area contributed by atoms with E-state index in [1.165, 1.54) is 4.90 Å². The zero-order chi connectivity index (χ0) is 13.8. The average molecular weight is 268 g/mol. The number of carbonyl (C=O) groups is 2. The molecule has 1 aliphatic heterocycles. The fourth-order valence-electron chi connectivity index (χ4n) is 1.90. The topological polar surface area (TPSA) is 108 Å². The van der Waals surface area contributed by atoms with Gasteiger partial charge in [-0.15, -0.1) is 0 Å². The molecule has 1 fully saturated rings. The number of carboxylic acids is 1. The van der Waals surface area contributed by atoms with Crippen molar-refractivity contribution in [2.45, 2.75) is 19.0 Å². The molecule has 2 amide bonds. The number of rotatable bonds is 3. The van der Waals surface area contributed by atoms with Gasteiger partial charge < -0.3 is 25.0 Å². The summed E-state index contributed by atoms with van der Waals surface area (Å²) in [7, 11) is 0. The smallest absolute Gasteiger partial charge is 0.328 e. The molecule has 2 rings (SSSR count). The fourth-order valence-corrected chi connectivity index (χ4v) is 1.90. The predicted molar refractivity (Wildman–Crippen MR) is 64.5 cm³/mol. The minimum absolute atomic E-state index is 0.0118. The van der Waals surface area contributed by atoms with Crippen LogP contribution in [0.3, 0.4) is 0 Å². The molecule has 8 heteroatoms. The van der Waals surface area contributed by atoms with Gasteiger partial charge >= 0.3 is 12.0 Å². The number of carboxylic acid groups (broad SMARTS) is 1. The number of amides is 2. The first-order valence-electron chi connectivity index (χ1n) is 5.96. The lowest BCUT2D eigenvalue weighted by Gasteiger charge is -2.33. The summed E-state index contributed by atoms with van der Waals surface area (Å²) in [5.41, 5.74) is 0. The van der Waals surface area contributed by atoms with E-state index in [2.05, 4.69) is 15.3 Å². The number of nitrogens with zero attached hydrogens (tertiary/aromatic N) is 2. The average Bonchev–Trinajstić information content (AvgIpc) is 2.92. The summed E-state index contributed by atoms with van der Waals surface area (Å²) in [6, 6.07) is -1.70. The van der Waals surface area contributed by atoms with Crippen molar-refractivity contribution in [3.63, 3.8) is 0 Å². The molecule has 2 atom stereocenters. The second-order valence-electron chi connectivity index (χ2n) is 4.27. The Labute approximate surface area is 109 Å². The van der Waals surface area contributed by atoms with E-state index >= 15 is 0 Å². The zero-order valence-electron chi connectivity index (χ0n) is 10.5. The molecular weight excluding hydrogens is 252 g/mol. The van der Waals surface area contributed by atoms with E-state index in [0.717, 1.165) is 0 Å². The maximum Gasteiger partial charge on any atom is 0.328 e. The highest BCUT2D eigenvalue weighted by atomic mass is 16.5. The number of carbonyl (C=O) groups excluding carboxylic acids is 1. The monoisotopic (exact) mass is 268 g/mol. The van der Waals surface area contributed by atoms with Crippen molar-refractivity contribution in [3.05, 3.63) is 18.2 Å². The molecule has 104 valence electrons. The highest BCUT2D eigenvalue weighted by molar-refractivity contribution is 5.83. The SMILES string of the molecule is CC(NC(=O)N1CCOCC1C(=O)O)c1ncc[nH]1. The second-order valence-corrected chi connectivity index (χ2v) is 4.27. The van der Waals surface area contributed by atoms with Crippen LogP contribution in [0.25, 0.3) is 0 Å². The minimum atomic E-state index is -1.07. The van der Waals surface area contributed by atoms with Gasteiger partial charge in [-0.3, -0.25) is 0 Å². The van der Waals surface area contributed by atoms with Crippen LogP contribution < -0.4 is 5.32 Å². The molecule has 1 aromatic heterocycles. The lowest BCUT2D eigenvalue weighted by molar-refractivity contribution is -0.147. The Morgan fingerprint density at radius 2 is 2.47 bits per heavy atom. The molecule has 2 heterocycles. The Morgan fingerprint density at radius 1 is 1.68 bits per heavy atom. The number of H-pyrrole nitrogens is 1. The third-order valence-corrected chi connectivity index (χ3v) is 2.94. The lowest BCUT2D eigenvalue weighted by Crippen LogP contribution is -2.55. The van der Waals surface area contributed by atoms with Crippen LogP contribution in [-0.2, 0) is 9.53 Å². The maximum atomic E-state index is 12.1.